The van der Waals surface area contributed by atoms with E-state index in [1.807, 2.05) is 46.1 Å². The largest absolute Gasteiger partial charge is 0.490 e. The Balaban J connectivity index is 1.88. The van der Waals surface area contributed by atoms with Crippen LogP contribution >= 0.6 is 11.6 Å². The first-order valence-corrected chi connectivity index (χ1v) is 11.8. The number of benzene rings is 2. The van der Waals surface area contributed by atoms with Crippen LogP contribution in [0.4, 0.5) is 0 Å². The van der Waals surface area contributed by atoms with Gasteiger partial charge in [0.15, 0.2) is 16.9 Å². The molecule has 0 saturated carbocycles. The quantitative estimate of drug-likeness (QED) is 0.437. The topological polar surface area (TPSA) is 72.2 Å². The lowest BCUT2D eigenvalue weighted by Crippen LogP contribution is -2.32. The number of hydrogen-bond donors (Lipinski definition) is 0. The summed E-state index contributed by atoms with van der Waals surface area (Å²) in [5.41, 5.74) is 1.19. The third-order valence-corrected chi connectivity index (χ3v) is 6.05. The maximum absolute atomic E-state index is 13.6. The molecule has 0 bridgehead atoms. The molecule has 4 rings (SSSR count). The van der Waals surface area contributed by atoms with E-state index in [9.17, 15) is 9.59 Å². The Morgan fingerprint density at radius 3 is 2.47 bits per heavy atom. The normalized spacial score (nSPS) is 15.3. The van der Waals surface area contributed by atoms with Gasteiger partial charge in [0.25, 0.3) is 5.91 Å². The minimum Gasteiger partial charge on any atom is -0.490 e. The van der Waals surface area contributed by atoms with E-state index in [0.29, 0.717) is 52.8 Å². The molecule has 0 unspecified atom stereocenters. The number of halogens is 1. The van der Waals surface area contributed by atoms with Crippen LogP contribution in [0.2, 0.25) is 5.02 Å². The van der Waals surface area contributed by atoms with Crippen molar-refractivity contribution in [2.75, 3.05) is 40.4 Å². The highest BCUT2D eigenvalue weighted by molar-refractivity contribution is 6.31. The van der Waals surface area contributed by atoms with Crippen molar-refractivity contribution >= 4 is 28.5 Å². The van der Waals surface area contributed by atoms with Gasteiger partial charge >= 0.3 is 0 Å². The maximum Gasteiger partial charge on any atom is 0.290 e. The lowest BCUT2D eigenvalue weighted by Gasteiger charge is -2.26. The first-order valence-electron chi connectivity index (χ1n) is 11.5. The Labute approximate surface area is 203 Å². The second-order valence-electron chi connectivity index (χ2n) is 8.44. The Morgan fingerprint density at radius 1 is 1.03 bits per heavy atom. The summed E-state index contributed by atoms with van der Waals surface area (Å²) in [6, 6.07) is 9.81. The van der Waals surface area contributed by atoms with Crippen LogP contribution in [-0.2, 0) is 0 Å². The molecule has 180 valence electrons. The molecule has 0 radical (unpaired) electrons. The van der Waals surface area contributed by atoms with Crippen LogP contribution in [0.15, 0.2) is 45.6 Å². The van der Waals surface area contributed by atoms with Gasteiger partial charge in [0, 0.05) is 11.6 Å². The van der Waals surface area contributed by atoms with Crippen molar-refractivity contribution in [3.8, 4) is 11.5 Å². The highest BCUT2D eigenvalue weighted by Crippen LogP contribution is 2.41. The molecule has 1 aliphatic rings. The maximum atomic E-state index is 13.6. The summed E-state index contributed by atoms with van der Waals surface area (Å²) in [6.45, 7) is 6.04. The van der Waals surface area contributed by atoms with Crippen molar-refractivity contribution in [2.45, 2.75) is 26.3 Å². The summed E-state index contributed by atoms with van der Waals surface area (Å²) in [4.78, 5) is 30.9. The summed E-state index contributed by atoms with van der Waals surface area (Å²) in [6.07, 6.45) is 0.748. The van der Waals surface area contributed by atoms with E-state index in [4.69, 9.17) is 25.5 Å². The Morgan fingerprint density at radius 2 is 1.76 bits per heavy atom. The predicted molar refractivity (Wildman–Crippen MR) is 132 cm³/mol. The van der Waals surface area contributed by atoms with E-state index >= 15 is 0 Å². The first-order chi connectivity index (χ1) is 16.3. The second kappa shape index (κ2) is 10.1. The highest BCUT2D eigenvalue weighted by atomic mass is 35.5. The Bertz CT molecular complexity index is 1270. The van der Waals surface area contributed by atoms with Crippen LogP contribution in [0.25, 0.3) is 11.0 Å². The molecule has 1 aromatic heterocycles. The van der Waals surface area contributed by atoms with Crippen LogP contribution < -0.4 is 14.9 Å². The van der Waals surface area contributed by atoms with E-state index in [2.05, 4.69) is 4.90 Å². The van der Waals surface area contributed by atoms with Gasteiger partial charge in [-0.1, -0.05) is 17.7 Å². The molecule has 2 heterocycles. The van der Waals surface area contributed by atoms with Crippen LogP contribution in [0, 0.1) is 0 Å². The van der Waals surface area contributed by atoms with E-state index in [-0.39, 0.29) is 17.1 Å². The molecule has 3 aromatic rings. The third kappa shape index (κ3) is 4.50. The zero-order valence-electron chi connectivity index (χ0n) is 19.9. The molecule has 7 nitrogen and oxygen atoms in total. The third-order valence-electron chi connectivity index (χ3n) is 5.82. The van der Waals surface area contributed by atoms with Gasteiger partial charge in [0.2, 0.25) is 5.76 Å². The predicted octanol–water partition coefficient (Wildman–Crippen LogP) is 4.74. The monoisotopic (exact) mass is 484 g/mol. The van der Waals surface area contributed by atoms with Crippen molar-refractivity contribution in [1.82, 2.24) is 9.80 Å². The summed E-state index contributed by atoms with van der Waals surface area (Å²) < 4.78 is 17.5. The van der Waals surface area contributed by atoms with Crippen LogP contribution in [0.5, 0.6) is 11.5 Å². The van der Waals surface area contributed by atoms with Gasteiger partial charge in [0.05, 0.1) is 30.2 Å². The fourth-order valence-corrected chi connectivity index (χ4v) is 4.54. The molecule has 34 heavy (non-hydrogen) atoms. The van der Waals surface area contributed by atoms with Gasteiger partial charge in [-0.05, 0) is 76.8 Å². The van der Waals surface area contributed by atoms with Crippen LogP contribution in [-0.4, -0.2) is 56.1 Å². The van der Waals surface area contributed by atoms with Gasteiger partial charge in [-0.2, -0.15) is 0 Å². The van der Waals surface area contributed by atoms with Gasteiger partial charge in [0.1, 0.15) is 5.58 Å². The minimum atomic E-state index is -0.598. The smallest absolute Gasteiger partial charge is 0.290 e. The fraction of sp³-hybridized carbons (Fsp3) is 0.385. The standard InChI is InChI=1S/C26H29ClN2O5/c1-5-32-20-10-8-16(14-21(20)33-6-2)23-22-24(30)18-15-17(27)9-11-19(18)34-25(22)26(31)29(23)13-7-12-28(3)4/h8-11,14-15,23H,5-7,12-13H2,1-4H3/t23-/m0/s1. The minimum absolute atomic E-state index is 0.0847. The van der Waals surface area contributed by atoms with Crippen LogP contribution in [0.1, 0.15) is 48.0 Å². The summed E-state index contributed by atoms with van der Waals surface area (Å²) in [7, 11) is 3.97. The van der Waals surface area contributed by atoms with Crippen molar-refractivity contribution in [3.05, 3.63) is 68.5 Å². The summed E-state index contributed by atoms with van der Waals surface area (Å²) in [5.74, 6) is 0.986. The molecule has 1 amide bonds. The average Bonchev–Trinajstić information content (AvgIpc) is 3.08. The molecule has 8 heteroatoms. The van der Waals surface area contributed by atoms with E-state index in [0.717, 1.165) is 18.5 Å². The summed E-state index contributed by atoms with van der Waals surface area (Å²) in [5, 5.41) is 0.790. The van der Waals surface area contributed by atoms with Crippen molar-refractivity contribution in [3.63, 3.8) is 0 Å². The number of carbonyl (C=O) groups excluding carboxylic acids is 1. The number of amides is 1. The van der Waals surface area contributed by atoms with Crippen molar-refractivity contribution in [2.24, 2.45) is 0 Å². The Hall–Kier alpha value is -3.03. The molecule has 0 saturated heterocycles. The van der Waals surface area contributed by atoms with Gasteiger partial charge < -0.3 is 23.7 Å². The molecule has 1 aliphatic heterocycles. The average molecular weight is 485 g/mol. The van der Waals surface area contributed by atoms with Gasteiger partial charge in [-0.3, -0.25) is 9.59 Å². The van der Waals surface area contributed by atoms with Crippen molar-refractivity contribution < 1.29 is 18.7 Å². The molecule has 0 N–H and O–H groups in total. The first kappa shape index (κ1) is 24.1. The number of nitrogens with zero attached hydrogens (tertiary/aromatic N) is 2. The lowest BCUT2D eigenvalue weighted by molar-refractivity contribution is 0.0722. The molecular formula is C26H29ClN2O5. The second-order valence-corrected chi connectivity index (χ2v) is 8.88. The molecule has 0 spiro atoms. The number of carbonyl (C=O) groups is 1. The SMILES string of the molecule is CCOc1ccc([C@H]2c3c(oc4ccc(Cl)cc4c3=O)C(=O)N2CCCN(C)C)cc1OCC. The molecule has 1 atom stereocenters. The van der Waals surface area contributed by atoms with Gasteiger partial charge in [-0.25, -0.2) is 0 Å². The molecular weight excluding hydrogens is 456 g/mol. The number of rotatable bonds is 9. The van der Waals surface area contributed by atoms with Crippen molar-refractivity contribution in [1.29, 1.82) is 0 Å². The van der Waals surface area contributed by atoms with E-state index in [1.165, 1.54) is 0 Å². The number of fused-ring (bicyclic) bond motifs is 2. The number of hydrogen-bond acceptors (Lipinski definition) is 6. The number of ether oxygens (including phenoxy) is 2. The molecule has 0 aliphatic carbocycles. The lowest BCUT2D eigenvalue weighted by atomic mass is 9.98. The fourth-order valence-electron chi connectivity index (χ4n) is 4.36. The summed E-state index contributed by atoms with van der Waals surface area (Å²) >= 11 is 6.16. The molecule has 2 aromatic carbocycles. The Kier molecular flexibility index (Phi) is 7.14. The zero-order chi connectivity index (χ0) is 24.4. The van der Waals surface area contributed by atoms with Crippen LogP contribution in [0.3, 0.4) is 0 Å². The highest BCUT2D eigenvalue weighted by Gasteiger charge is 2.42. The molecule has 0 fully saturated rings. The van der Waals surface area contributed by atoms with E-state index in [1.54, 1.807) is 23.1 Å². The van der Waals surface area contributed by atoms with E-state index < -0.39 is 6.04 Å². The van der Waals surface area contributed by atoms with Gasteiger partial charge in [-0.15, -0.1) is 0 Å². The zero-order valence-corrected chi connectivity index (χ0v) is 20.6.